The van der Waals surface area contributed by atoms with Gasteiger partial charge in [0.2, 0.25) is 0 Å². The number of rotatable bonds is 4. The van der Waals surface area contributed by atoms with E-state index in [-0.39, 0.29) is 5.82 Å². The first-order chi connectivity index (χ1) is 9.24. The Morgan fingerprint density at radius 2 is 2.05 bits per heavy atom. The van der Waals surface area contributed by atoms with Crippen molar-refractivity contribution in [2.24, 2.45) is 0 Å². The van der Waals surface area contributed by atoms with E-state index in [9.17, 15) is 4.39 Å². The summed E-state index contributed by atoms with van der Waals surface area (Å²) in [5, 5.41) is 3.42. The molecule has 98 valence electrons. The van der Waals surface area contributed by atoms with Crippen molar-refractivity contribution < 1.29 is 4.39 Å². The number of hydrogen-bond acceptors (Lipinski definition) is 1. The van der Waals surface area contributed by atoms with Crippen LogP contribution in [0.1, 0.15) is 28.2 Å². The Balaban J connectivity index is 1.53. The van der Waals surface area contributed by atoms with Crippen molar-refractivity contribution in [1.82, 2.24) is 5.32 Å². The fourth-order valence-corrected chi connectivity index (χ4v) is 2.68. The summed E-state index contributed by atoms with van der Waals surface area (Å²) >= 11 is 0. The fraction of sp³-hybridized carbons (Fsp3) is 0.294. The molecule has 1 aliphatic carbocycles. The quantitative estimate of drug-likeness (QED) is 0.880. The molecule has 0 amide bonds. The summed E-state index contributed by atoms with van der Waals surface area (Å²) in [6, 6.07) is 14.0. The van der Waals surface area contributed by atoms with E-state index >= 15 is 0 Å². The Bertz CT molecular complexity index is 592. The molecule has 1 aliphatic rings. The molecule has 19 heavy (non-hydrogen) atoms. The molecule has 1 N–H and O–H groups in total. The Kier molecular flexibility index (Phi) is 3.34. The van der Waals surface area contributed by atoms with Crippen LogP contribution >= 0.6 is 0 Å². The van der Waals surface area contributed by atoms with E-state index in [1.54, 1.807) is 13.0 Å². The molecule has 3 rings (SSSR count). The van der Waals surface area contributed by atoms with E-state index in [0.29, 0.717) is 11.5 Å². The van der Waals surface area contributed by atoms with E-state index in [2.05, 4.69) is 29.6 Å². The third kappa shape index (κ3) is 2.54. The summed E-state index contributed by atoms with van der Waals surface area (Å²) in [5.41, 5.74) is 4.65. The van der Waals surface area contributed by atoms with Crippen LogP contribution in [0.4, 0.5) is 4.39 Å². The number of fused-ring (bicyclic) bond motifs is 1. The van der Waals surface area contributed by atoms with Gasteiger partial charge in [0.1, 0.15) is 5.82 Å². The van der Waals surface area contributed by atoms with Gasteiger partial charge in [-0.15, -0.1) is 0 Å². The molecule has 0 aromatic heterocycles. The third-order valence-corrected chi connectivity index (χ3v) is 3.92. The maximum atomic E-state index is 13.4. The maximum absolute atomic E-state index is 13.4. The van der Waals surface area contributed by atoms with E-state index in [1.165, 1.54) is 11.1 Å². The van der Waals surface area contributed by atoms with Crippen LogP contribution in [0.5, 0.6) is 0 Å². The molecule has 0 saturated carbocycles. The average Bonchev–Trinajstić information content (AvgIpc) is 2.39. The minimum absolute atomic E-state index is 0.117. The molecule has 0 fully saturated rings. The minimum atomic E-state index is -0.117. The number of halogens is 1. The third-order valence-electron chi connectivity index (χ3n) is 3.92. The topological polar surface area (TPSA) is 12.0 Å². The Hall–Kier alpha value is -1.67. The maximum Gasteiger partial charge on any atom is 0.126 e. The number of hydrogen-bond donors (Lipinski definition) is 1. The highest BCUT2D eigenvalue weighted by molar-refractivity contribution is 5.40. The van der Waals surface area contributed by atoms with Gasteiger partial charge in [0.15, 0.2) is 0 Å². The van der Waals surface area contributed by atoms with E-state index in [0.717, 1.165) is 25.1 Å². The lowest BCUT2D eigenvalue weighted by molar-refractivity contribution is 0.534. The standard InChI is InChI=1S/C17H18FN/c1-12-6-7-13(8-17(12)18)10-19-11-15-9-14-4-2-3-5-16(14)15/h2-8,15,19H,9-11H2,1H3. The van der Waals surface area contributed by atoms with Gasteiger partial charge in [0, 0.05) is 19.0 Å². The van der Waals surface area contributed by atoms with Gasteiger partial charge in [-0.3, -0.25) is 0 Å². The van der Waals surface area contributed by atoms with Gasteiger partial charge in [-0.25, -0.2) is 4.39 Å². The zero-order valence-corrected chi connectivity index (χ0v) is 11.1. The van der Waals surface area contributed by atoms with Crippen molar-refractivity contribution in [2.45, 2.75) is 25.8 Å². The molecular formula is C17H18FN. The lowest BCUT2D eigenvalue weighted by Gasteiger charge is -2.30. The highest BCUT2D eigenvalue weighted by atomic mass is 19.1. The van der Waals surface area contributed by atoms with Gasteiger partial charge in [-0.05, 0) is 41.7 Å². The van der Waals surface area contributed by atoms with E-state index in [1.807, 2.05) is 12.1 Å². The van der Waals surface area contributed by atoms with Crippen LogP contribution in [-0.4, -0.2) is 6.54 Å². The molecule has 2 aromatic rings. The van der Waals surface area contributed by atoms with E-state index < -0.39 is 0 Å². The molecule has 1 unspecified atom stereocenters. The first-order valence-electron chi connectivity index (χ1n) is 6.77. The molecule has 0 saturated heterocycles. The van der Waals surface area contributed by atoms with Crippen LogP contribution < -0.4 is 5.32 Å². The van der Waals surface area contributed by atoms with Crippen molar-refractivity contribution in [3.8, 4) is 0 Å². The van der Waals surface area contributed by atoms with Crippen LogP contribution in [0.3, 0.4) is 0 Å². The summed E-state index contributed by atoms with van der Waals surface area (Å²) in [4.78, 5) is 0. The summed E-state index contributed by atoms with van der Waals surface area (Å²) in [7, 11) is 0. The van der Waals surface area contributed by atoms with Crippen molar-refractivity contribution in [3.05, 3.63) is 70.5 Å². The second kappa shape index (κ2) is 5.14. The van der Waals surface area contributed by atoms with E-state index in [4.69, 9.17) is 0 Å². The Morgan fingerprint density at radius 3 is 2.84 bits per heavy atom. The molecule has 0 bridgehead atoms. The molecule has 0 spiro atoms. The van der Waals surface area contributed by atoms with Gasteiger partial charge >= 0.3 is 0 Å². The highest BCUT2D eigenvalue weighted by Crippen LogP contribution is 2.33. The largest absolute Gasteiger partial charge is 0.312 e. The normalized spacial score (nSPS) is 16.8. The molecule has 2 heteroatoms. The van der Waals surface area contributed by atoms with Crippen LogP contribution in [0.25, 0.3) is 0 Å². The summed E-state index contributed by atoms with van der Waals surface area (Å²) in [5.74, 6) is 0.500. The first-order valence-corrected chi connectivity index (χ1v) is 6.77. The predicted octanol–water partition coefficient (Wildman–Crippen LogP) is 3.56. The van der Waals surface area contributed by atoms with Crippen molar-refractivity contribution in [3.63, 3.8) is 0 Å². The minimum Gasteiger partial charge on any atom is -0.312 e. The van der Waals surface area contributed by atoms with Gasteiger partial charge in [0.25, 0.3) is 0 Å². The molecule has 2 aromatic carbocycles. The second-order valence-electron chi connectivity index (χ2n) is 5.31. The van der Waals surface area contributed by atoms with Crippen molar-refractivity contribution >= 4 is 0 Å². The summed E-state index contributed by atoms with van der Waals surface area (Å²) in [6.45, 7) is 3.49. The lowest BCUT2D eigenvalue weighted by Crippen LogP contribution is -2.28. The lowest BCUT2D eigenvalue weighted by atomic mass is 9.77. The van der Waals surface area contributed by atoms with Gasteiger partial charge < -0.3 is 5.32 Å². The Morgan fingerprint density at radius 1 is 1.21 bits per heavy atom. The molecular weight excluding hydrogens is 237 g/mol. The van der Waals surface area contributed by atoms with Gasteiger partial charge in [0.05, 0.1) is 0 Å². The highest BCUT2D eigenvalue weighted by Gasteiger charge is 2.24. The number of nitrogens with one attached hydrogen (secondary N) is 1. The second-order valence-corrected chi connectivity index (χ2v) is 5.31. The average molecular weight is 255 g/mol. The van der Waals surface area contributed by atoms with Crippen LogP contribution in [0.15, 0.2) is 42.5 Å². The van der Waals surface area contributed by atoms with Crippen LogP contribution in [0.2, 0.25) is 0 Å². The zero-order valence-electron chi connectivity index (χ0n) is 11.1. The zero-order chi connectivity index (χ0) is 13.2. The molecule has 1 atom stereocenters. The number of benzene rings is 2. The fourth-order valence-electron chi connectivity index (χ4n) is 2.68. The monoisotopic (exact) mass is 255 g/mol. The summed E-state index contributed by atoms with van der Waals surface area (Å²) in [6.07, 6.45) is 1.16. The van der Waals surface area contributed by atoms with Crippen LogP contribution in [-0.2, 0) is 13.0 Å². The molecule has 1 nitrogen and oxygen atoms in total. The van der Waals surface area contributed by atoms with Crippen molar-refractivity contribution in [2.75, 3.05) is 6.54 Å². The van der Waals surface area contributed by atoms with Gasteiger partial charge in [-0.1, -0.05) is 36.4 Å². The SMILES string of the molecule is Cc1ccc(CNCC2Cc3ccccc32)cc1F. The van der Waals surface area contributed by atoms with Crippen LogP contribution in [0, 0.1) is 12.7 Å². The first kappa shape index (κ1) is 12.4. The van der Waals surface area contributed by atoms with Crippen molar-refractivity contribution in [1.29, 1.82) is 0 Å². The summed E-state index contributed by atoms with van der Waals surface area (Å²) < 4.78 is 13.4. The Labute approximate surface area is 113 Å². The number of aryl methyl sites for hydroxylation is 1. The molecule has 0 heterocycles. The molecule has 0 radical (unpaired) electrons. The predicted molar refractivity (Wildman–Crippen MR) is 75.7 cm³/mol. The smallest absolute Gasteiger partial charge is 0.126 e. The van der Waals surface area contributed by atoms with Gasteiger partial charge in [-0.2, -0.15) is 0 Å². The molecule has 0 aliphatic heterocycles.